The van der Waals surface area contributed by atoms with Crippen molar-refractivity contribution >= 4 is 22.8 Å². The Morgan fingerprint density at radius 3 is 2.53 bits per heavy atom. The number of nitrogens with zero attached hydrogens (tertiary/aromatic N) is 5. The van der Waals surface area contributed by atoms with Gasteiger partial charge in [-0.15, -0.1) is 0 Å². The molecule has 0 aliphatic carbocycles. The van der Waals surface area contributed by atoms with Gasteiger partial charge < -0.3 is 19.7 Å². The molecule has 0 radical (unpaired) electrons. The molecule has 1 saturated heterocycles. The number of amides is 1. The number of aromatic nitrogens is 3. The lowest BCUT2D eigenvalue weighted by Gasteiger charge is -2.34. The first-order chi connectivity index (χ1) is 18.4. The zero-order chi connectivity index (χ0) is 26.6. The second-order valence-electron chi connectivity index (χ2n) is 9.88. The zero-order valence-electron chi connectivity index (χ0n) is 21.7. The lowest BCUT2D eigenvalue weighted by molar-refractivity contribution is -0.121. The molecule has 1 aliphatic heterocycles. The molecular formula is C29H32F2N6O. The van der Waals surface area contributed by atoms with Gasteiger partial charge in [-0.1, -0.05) is 18.2 Å². The first-order valence-electron chi connectivity index (χ1n) is 12.9. The number of halogens is 2. The summed E-state index contributed by atoms with van der Waals surface area (Å²) in [7, 11) is 2.14. The van der Waals surface area contributed by atoms with E-state index in [-0.39, 0.29) is 24.9 Å². The predicted molar refractivity (Wildman–Crippen MR) is 144 cm³/mol. The van der Waals surface area contributed by atoms with Gasteiger partial charge in [0.2, 0.25) is 5.91 Å². The van der Waals surface area contributed by atoms with Gasteiger partial charge in [0.25, 0.3) is 0 Å². The number of carbonyl (C=O) groups is 1. The number of aryl methyl sites for hydroxylation is 1. The first-order valence-corrected chi connectivity index (χ1v) is 12.9. The molecule has 0 bridgehead atoms. The highest BCUT2D eigenvalue weighted by Gasteiger charge is 2.17. The van der Waals surface area contributed by atoms with Crippen LogP contribution in [0, 0.1) is 11.6 Å². The van der Waals surface area contributed by atoms with E-state index in [4.69, 9.17) is 0 Å². The Morgan fingerprint density at radius 1 is 1.03 bits per heavy atom. The summed E-state index contributed by atoms with van der Waals surface area (Å²) in [5.41, 5.74) is 4.17. The number of benzene rings is 2. The minimum atomic E-state index is -0.897. The molecule has 2 aromatic heterocycles. The molecular weight excluding hydrogens is 486 g/mol. The van der Waals surface area contributed by atoms with E-state index >= 15 is 0 Å². The molecule has 1 amide bonds. The van der Waals surface area contributed by atoms with Gasteiger partial charge in [-0.25, -0.2) is 18.7 Å². The first kappa shape index (κ1) is 25.8. The van der Waals surface area contributed by atoms with Crippen molar-refractivity contribution < 1.29 is 13.6 Å². The van der Waals surface area contributed by atoms with Gasteiger partial charge in [-0.05, 0) is 61.5 Å². The summed E-state index contributed by atoms with van der Waals surface area (Å²) < 4.78 is 29.1. The van der Waals surface area contributed by atoms with Crippen LogP contribution < -0.4 is 10.2 Å². The number of anilines is 1. The molecule has 4 aromatic rings. The average molecular weight is 519 g/mol. The summed E-state index contributed by atoms with van der Waals surface area (Å²) in [5, 5.41) is 3.08. The average Bonchev–Trinajstić information content (AvgIpc) is 3.27. The molecule has 1 aliphatic rings. The Labute approximate surface area is 221 Å². The second kappa shape index (κ2) is 11.3. The fourth-order valence-corrected chi connectivity index (χ4v) is 4.84. The molecule has 5 rings (SSSR count). The highest BCUT2D eigenvalue weighted by molar-refractivity contribution is 5.77. The third-order valence-corrected chi connectivity index (χ3v) is 7.12. The van der Waals surface area contributed by atoms with E-state index in [1.807, 2.05) is 17.6 Å². The van der Waals surface area contributed by atoms with Crippen molar-refractivity contribution in [2.75, 3.05) is 38.1 Å². The minimum Gasteiger partial charge on any atom is -0.369 e. The van der Waals surface area contributed by atoms with E-state index in [2.05, 4.69) is 56.4 Å². The molecule has 38 heavy (non-hydrogen) atoms. The van der Waals surface area contributed by atoms with Gasteiger partial charge in [-0.2, -0.15) is 0 Å². The number of likely N-dealkylation sites (N-methyl/N-ethyl adjacent to an activating group) is 1. The molecule has 3 heterocycles. The van der Waals surface area contributed by atoms with Crippen LogP contribution >= 0.6 is 0 Å². The smallest absolute Gasteiger partial charge is 0.220 e. The van der Waals surface area contributed by atoms with E-state index in [0.29, 0.717) is 29.0 Å². The molecule has 198 valence electrons. The van der Waals surface area contributed by atoms with Crippen molar-refractivity contribution in [3.63, 3.8) is 0 Å². The lowest BCUT2D eigenvalue weighted by Crippen LogP contribution is -2.44. The van der Waals surface area contributed by atoms with Crippen LogP contribution in [0.3, 0.4) is 0 Å². The van der Waals surface area contributed by atoms with E-state index in [0.717, 1.165) is 37.8 Å². The second-order valence-corrected chi connectivity index (χ2v) is 9.88. The van der Waals surface area contributed by atoms with Crippen molar-refractivity contribution in [2.45, 2.75) is 32.4 Å². The molecule has 1 N–H and O–H groups in total. The van der Waals surface area contributed by atoms with Crippen LogP contribution in [-0.4, -0.2) is 58.6 Å². The number of fused-ring (bicyclic) bond motifs is 1. The number of piperazine rings is 1. The Bertz CT molecular complexity index is 1410. The monoisotopic (exact) mass is 518 g/mol. The van der Waals surface area contributed by atoms with Gasteiger partial charge in [0.15, 0.2) is 17.3 Å². The number of carbonyl (C=O) groups excluding carboxylic acids is 1. The van der Waals surface area contributed by atoms with Gasteiger partial charge in [0, 0.05) is 50.9 Å². The van der Waals surface area contributed by atoms with Crippen LogP contribution in [0.2, 0.25) is 0 Å². The van der Waals surface area contributed by atoms with Gasteiger partial charge >= 0.3 is 0 Å². The van der Waals surface area contributed by atoms with Crippen LogP contribution in [0.4, 0.5) is 14.5 Å². The normalized spacial score (nSPS) is 15.1. The number of rotatable bonds is 8. The molecule has 1 atom stereocenters. The molecule has 0 unspecified atom stereocenters. The van der Waals surface area contributed by atoms with Crippen LogP contribution in [0.5, 0.6) is 0 Å². The van der Waals surface area contributed by atoms with E-state index in [1.165, 1.54) is 11.8 Å². The maximum absolute atomic E-state index is 13.8. The summed E-state index contributed by atoms with van der Waals surface area (Å²) in [6.45, 7) is 6.39. The number of imidazole rings is 1. The fraction of sp³-hybridized carbons (Fsp3) is 0.345. The largest absolute Gasteiger partial charge is 0.369 e. The zero-order valence-corrected chi connectivity index (χ0v) is 21.7. The summed E-state index contributed by atoms with van der Waals surface area (Å²) in [5.74, 6) is -1.20. The van der Waals surface area contributed by atoms with Crippen LogP contribution in [0.1, 0.15) is 36.3 Å². The lowest BCUT2D eigenvalue weighted by atomic mass is 10.1. The Kier molecular flexibility index (Phi) is 7.64. The Hall–Kier alpha value is -3.85. The highest BCUT2D eigenvalue weighted by atomic mass is 19.2. The van der Waals surface area contributed by atoms with Crippen LogP contribution in [-0.2, 0) is 17.8 Å². The number of hydrogen-bond donors (Lipinski definition) is 1. The fourth-order valence-electron chi connectivity index (χ4n) is 4.84. The van der Waals surface area contributed by atoms with E-state index in [9.17, 15) is 13.6 Å². The highest BCUT2D eigenvalue weighted by Crippen LogP contribution is 2.22. The molecule has 1 fully saturated rings. The van der Waals surface area contributed by atoms with Crippen molar-refractivity contribution in [3.8, 4) is 0 Å². The maximum Gasteiger partial charge on any atom is 0.220 e. The third-order valence-electron chi connectivity index (χ3n) is 7.12. The molecule has 0 saturated carbocycles. The molecule has 9 heteroatoms. The predicted octanol–water partition coefficient (Wildman–Crippen LogP) is 4.32. The third kappa shape index (κ3) is 5.83. The topological polar surface area (TPSA) is 66.3 Å². The summed E-state index contributed by atoms with van der Waals surface area (Å²) in [6, 6.07) is 15.7. The number of nitrogens with one attached hydrogen (secondary N) is 1. The Balaban J connectivity index is 1.22. The minimum absolute atomic E-state index is 0.0833. The van der Waals surface area contributed by atoms with E-state index < -0.39 is 11.6 Å². The number of hydrogen-bond acceptors (Lipinski definition) is 5. The van der Waals surface area contributed by atoms with Crippen molar-refractivity contribution in [2.24, 2.45) is 0 Å². The quantitative estimate of drug-likeness (QED) is 0.376. The van der Waals surface area contributed by atoms with Gasteiger partial charge in [0.1, 0.15) is 11.3 Å². The van der Waals surface area contributed by atoms with Gasteiger partial charge in [-0.3, -0.25) is 4.79 Å². The summed E-state index contributed by atoms with van der Waals surface area (Å²) >= 11 is 0. The van der Waals surface area contributed by atoms with Crippen molar-refractivity contribution in [1.82, 2.24) is 24.8 Å². The molecule has 0 spiro atoms. The standard InChI is InChI=1S/C29H32F2N6O/c1-20(22-6-8-23(9-7-22)36-16-14-35(2)15-17-36)33-28(38)12-11-27-34-26-4-3-13-32-29(26)37(27)19-21-5-10-24(30)25(31)18-21/h3-10,13,18,20H,11-12,14-17,19H2,1-2H3,(H,33,38)/t20-/m0/s1. The van der Waals surface area contributed by atoms with Crippen molar-refractivity contribution in [3.05, 3.63) is 89.4 Å². The maximum atomic E-state index is 13.8. The van der Waals surface area contributed by atoms with Gasteiger partial charge in [0.05, 0.1) is 12.6 Å². The SMILES string of the molecule is C[C@H](NC(=O)CCc1nc2cccnc2n1Cc1ccc(F)c(F)c1)c1ccc(N2CCN(C)CC2)cc1. The molecule has 7 nitrogen and oxygen atoms in total. The van der Waals surface area contributed by atoms with Crippen LogP contribution in [0.25, 0.3) is 11.2 Å². The summed E-state index contributed by atoms with van der Waals surface area (Å²) in [6.07, 6.45) is 2.30. The Morgan fingerprint density at radius 2 is 1.79 bits per heavy atom. The summed E-state index contributed by atoms with van der Waals surface area (Å²) in [4.78, 5) is 26.6. The van der Waals surface area contributed by atoms with Crippen LogP contribution in [0.15, 0.2) is 60.8 Å². The molecule has 2 aromatic carbocycles. The van der Waals surface area contributed by atoms with Crippen molar-refractivity contribution in [1.29, 1.82) is 0 Å². The van der Waals surface area contributed by atoms with E-state index in [1.54, 1.807) is 18.3 Å². The number of pyridine rings is 1.